The van der Waals surface area contributed by atoms with Gasteiger partial charge >= 0.3 is 19.5 Å². The van der Waals surface area contributed by atoms with Crippen molar-refractivity contribution < 1.29 is 62.8 Å². The van der Waals surface area contributed by atoms with E-state index in [-0.39, 0.29) is 95.1 Å². The molecule has 11 N–H and O–H groups in total. The van der Waals surface area contributed by atoms with E-state index in [0.717, 1.165) is 111 Å². The van der Waals surface area contributed by atoms with Gasteiger partial charge in [-0.1, -0.05) is 146 Å². The van der Waals surface area contributed by atoms with Gasteiger partial charge in [-0.2, -0.15) is 0 Å². The van der Waals surface area contributed by atoms with E-state index in [4.69, 9.17) is 10.8 Å². The maximum absolute atomic E-state index is 16.3. The number of hydrogen-bond acceptors (Lipinski definition) is 8. The predicted molar refractivity (Wildman–Crippen MR) is 417 cm³/mol. The van der Waals surface area contributed by atoms with Crippen LogP contribution in [0.3, 0.4) is 0 Å². The molecule has 14 nitrogen and oxygen atoms in total. The molecule has 1 radical (unpaired) electrons. The Kier molecular flexibility index (Phi) is 20.9. The van der Waals surface area contributed by atoms with Crippen molar-refractivity contribution in [3.63, 3.8) is 0 Å². The van der Waals surface area contributed by atoms with E-state index in [1.807, 2.05) is 185 Å². The number of anilines is 1. The van der Waals surface area contributed by atoms with Gasteiger partial charge in [0.25, 0.3) is 5.69 Å². The molecule has 18 aromatic rings. The van der Waals surface area contributed by atoms with Gasteiger partial charge in [0.1, 0.15) is 34.8 Å². The van der Waals surface area contributed by atoms with Gasteiger partial charge < -0.3 is 52.2 Å². The number of nitrogen functional groups attached to an aromatic ring is 1. The van der Waals surface area contributed by atoms with Crippen LogP contribution >= 0.6 is 0 Å². The molecule has 4 aromatic heterocycles. The molecular formula is C87H67F4N8O6Ru. The van der Waals surface area contributed by atoms with Gasteiger partial charge in [0.2, 0.25) is 0 Å². The summed E-state index contributed by atoms with van der Waals surface area (Å²) >= 11 is 0. The maximum atomic E-state index is 16.3. The van der Waals surface area contributed by atoms with E-state index in [9.17, 15) is 20.3 Å². The Morgan fingerprint density at radius 3 is 0.811 bits per heavy atom. The van der Waals surface area contributed by atoms with Gasteiger partial charge in [-0.15, -0.1) is 0 Å². The number of aliphatic hydroxyl groups is 1. The Bertz CT molecular complexity index is 6010. The molecule has 0 aliphatic carbocycles. The summed E-state index contributed by atoms with van der Waals surface area (Å²) < 4.78 is 73.0. The monoisotopic (exact) mass is 1500 g/mol. The third-order valence-electron chi connectivity index (χ3n) is 18.8. The topological polar surface area (TPSA) is 233 Å². The normalized spacial score (nSPS) is 11.0. The molecule has 18 rings (SSSR count). The fourth-order valence-electron chi connectivity index (χ4n) is 14.4. The number of aliphatic hydroxyl groups excluding tert-OH is 1. The van der Waals surface area contributed by atoms with Crippen molar-refractivity contribution in [1.82, 2.24) is 18.3 Å². The average Bonchev–Trinajstić information content (AvgIpc) is 1.55. The van der Waals surface area contributed by atoms with Crippen LogP contribution in [0.25, 0.3) is 154 Å². The van der Waals surface area contributed by atoms with E-state index in [1.165, 1.54) is 30.3 Å². The molecule has 19 heteroatoms. The summed E-state index contributed by atoms with van der Waals surface area (Å²) in [6, 6.07) is 87.6. The first kappa shape index (κ1) is 73.0. The molecule has 0 saturated carbocycles. The maximum Gasteiger partial charge on any atom is 1.00 e. The number of nitro groups is 1. The van der Waals surface area contributed by atoms with Crippen molar-refractivity contribution in [2.75, 3.05) is 12.3 Å². The first-order valence-corrected chi connectivity index (χ1v) is 33.0. The molecule has 527 valence electrons. The molecule has 0 spiro atoms. The molecule has 106 heavy (non-hydrogen) atoms. The zero-order chi connectivity index (χ0) is 71.3. The number of nitro benzene ring substituents is 1. The second-order valence-electron chi connectivity index (χ2n) is 24.6. The standard InChI is InChI=1S/C42H25F2N3O3.C42H27F2N3O.C2H6O.CH3.H4N2.H2O.Ru/c43-35-24-32(34-22-26(18-20-42(34)48)46-39-15-7-3-11-29(39)30-12-4-8-16-40(30)46)36(44)23-31(35)33-21-25(17-19-41(33)47(49)50)45-37-13-5-1-9-27(37)28-10-2-6-14-38(28)45;43-35-24-32(34-22-26(18-20-42(34)48)47-40-15-7-3-11-29(40)30-12-4-8-16-41(30)47)36(44)23-31(35)33-21-25(17-19-37(33)45)46-38-13-5-1-9-27(38)28-10-2-6-14-39(28)46;1-2-3;;1-2;;/h1-24,48H;1-24,48H,45H2;3H,2H2,1H3;1H3;1-2H2;1H2;/q;;;-1;;;+1. The fourth-order valence-corrected chi connectivity index (χ4v) is 14.4. The Hall–Kier alpha value is -12.7. The van der Waals surface area contributed by atoms with Crippen molar-refractivity contribution in [2.45, 2.75) is 6.92 Å². The average molecular weight is 1500 g/mol. The number of phenols is 2. The second-order valence-corrected chi connectivity index (χ2v) is 24.6. The number of rotatable bonds is 9. The zero-order valence-electron chi connectivity index (χ0n) is 56.9. The van der Waals surface area contributed by atoms with Gasteiger partial charge in [-0.3, -0.25) is 21.8 Å². The second kappa shape index (κ2) is 30.3. The van der Waals surface area contributed by atoms with Gasteiger partial charge in [0.05, 0.1) is 54.6 Å². The number of nitrogens with two attached hydrogens (primary N) is 3. The molecule has 0 unspecified atom stereocenters. The molecule has 0 atom stereocenters. The van der Waals surface area contributed by atoms with E-state index >= 15 is 17.6 Å². The van der Waals surface area contributed by atoms with Crippen molar-refractivity contribution in [3.05, 3.63) is 332 Å². The van der Waals surface area contributed by atoms with Crippen molar-refractivity contribution in [1.29, 1.82) is 0 Å². The van der Waals surface area contributed by atoms with Gasteiger partial charge in [-0.25, -0.2) is 17.6 Å². The molecule has 0 fully saturated rings. The molecule has 0 bridgehead atoms. The number of hydrazine groups is 1. The van der Waals surface area contributed by atoms with Crippen LogP contribution in [0.5, 0.6) is 11.5 Å². The van der Waals surface area contributed by atoms with E-state index in [2.05, 4.69) is 45.1 Å². The fraction of sp³-hybridized carbons (Fsp3) is 0.0230. The van der Waals surface area contributed by atoms with Crippen LogP contribution in [0.1, 0.15) is 6.92 Å². The molecule has 0 amide bonds. The minimum Gasteiger partial charge on any atom is -0.507 e. The molecule has 0 saturated heterocycles. The third-order valence-corrected chi connectivity index (χ3v) is 18.8. The van der Waals surface area contributed by atoms with Crippen LogP contribution in [0.15, 0.2) is 291 Å². The smallest absolute Gasteiger partial charge is 0.507 e. The number of aromatic hydroxyl groups is 2. The van der Waals surface area contributed by atoms with Gasteiger partial charge in [0, 0.05) is 123 Å². The summed E-state index contributed by atoms with van der Waals surface area (Å²) in [6.07, 6.45) is 0. The number of halogens is 4. The molecule has 14 aromatic carbocycles. The van der Waals surface area contributed by atoms with Crippen LogP contribution in [0, 0.1) is 40.8 Å². The number of benzene rings is 14. The van der Waals surface area contributed by atoms with E-state index < -0.39 is 28.2 Å². The number of aromatic nitrogens is 4. The third kappa shape index (κ3) is 12.6. The molecule has 0 aliphatic heterocycles. The molecule has 4 heterocycles. The Morgan fingerprint density at radius 2 is 0.547 bits per heavy atom. The number of para-hydroxylation sites is 8. The summed E-state index contributed by atoms with van der Waals surface area (Å²) in [6.45, 7) is 1.93. The number of phenolic OH excluding ortho intramolecular Hbond substituents is 2. The number of nitrogens with zero attached hydrogens (tertiary/aromatic N) is 5. The minimum atomic E-state index is -0.870. The predicted octanol–water partition coefficient (Wildman–Crippen LogP) is 20.3. The molecule has 0 aliphatic rings. The van der Waals surface area contributed by atoms with Crippen LogP contribution in [-0.4, -0.2) is 50.6 Å². The van der Waals surface area contributed by atoms with Crippen LogP contribution in [0.4, 0.5) is 28.9 Å². The zero-order valence-corrected chi connectivity index (χ0v) is 58.6. The minimum absolute atomic E-state index is 0. The Morgan fingerprint density at radius 1 is 0.340 bits per heavy atom. The first-order valence-electron chi connectivity index (χ1n) is 33.0. The number of hydrogen-bond donors (Lipinski definition) is 6. The van der Waals surface area contributed by atoms with Gasteiger partial charge in [-0.05, 0) is 146 Å². The molecular weight excluding hydrogens is 1430 g/mol. The quantitative estimate of drug-likeness (QED) is 0.0154. The van der Waals surface area contributed by atoms with Crippen molar-refractivity contribution in [2.24, 2.45) is 11.7 Å². The van der Waals surface area contributed by atoms with Crippen molar-refractivity contribution >= 4 is 98.6 Å². The van der Waals surface area contributed by atoms with E-state index in [1.54, 1.807) is 49.4 Å². The SMILES string of the molecule is CCO.NN.Nc1ccc(-n2c3ccccc3c3ccccc32)cc1-c1cc(F)c(-c2cc(-n3c4ccccc4c4ccccc43)ccc2O)cc1F.O.O=[N+]([O-])c1ccc(-n2c3ccccc3c3ccccc32)cc1-c1cc(F)c(-c2cc(-n3c4ccccc4c4ccccc43)ccc2O)cc1F.[CH3-].[Ru+]. The summed E-state index contributed by atoms with van der Waals surface area (Å²) in [7, 11) is 0. The first-order chi connectivity index (χ1) is 50.3. The summed E-state index contributed by atoms with van der Waals surface area (Å²) in [5.74, 6) is 4.57. The van der Waals surface area contributed by atoms with Crippen molar-refractivity contribution in [3.8, 4) is 78.8 Å². The summed E-state index contributed by atoms with van der Waals surface area (Å²) in [5.41, 5.74) is 16.7. The van der Waals surface area contributed by atoms with Crippen LogP contribution in [0.2, 0.25) is 0 Å². The summed E-state index contributed by atoms with van der Waals surface area (Å²) in [4.78, 5) is 11.6. The van der Waals surface area contributed by atoms with E-state index in [0.29, 0.717) is 28.3 Å². The Labute approximate surface area is 617 Å². The van der Waals surface area contributed by atoms with Crippen LogP contribution in [-0.2, 0) is 19.5 Å². The number of fused-ring (bicyclic) bond motifs is 12. The van der Waals surface area contributed by atoms with Crippen LogP contribution < -0.4 is 17.4 Å². The summed E-state index contributed by atoms with van der Waals surface area (Å²) in [5, 5.41) is 50.1. The Balaban J connectivity index is 0.000000183. The largest absolute Gasteiger partial charge is 1.00 e. The van der Waals surface area contributed by atoms with Gasteiger partial charge in [0.15, 0.2) is 0 Å².